The maximum absolute atomic E-state index is 10.9. The van der Waals surface area contributed by atoms with Crippen molar-refractivity contribution in [2.75, 3.05) is 7.11 Å². The lowest BCUT2D eigenvalue weighted by Gasteiger charge is -2.14. The highest BCUT2D eigenvalue weighted by Crippen LogP contribution is 2.14. The molecular weight excluding hydrogens is 292 g/mol. The van der Waals surface area contributed by atoms with Crippen LogP contribution in [0.4, 0.5) is 0 Å². The fourth-order valence-corrected chi connectivity index (χ4v) is 2.74. The van der Waals surface area contributed by atoms with Gasteiger partial charge >= 0.3 is 11.9 Å². The number of rotatable bonds is 15. The van der Waals surface area contributed by atoms with Crippen LogP contribution in [-0.2, 0) is 19.1 Å². The van der Waals surface area contributed by atoms with Gasteiger partial charge in [-0.15, -0.1) is 0 Å². The van der Waals surface area contributed by atoms with E-state index in [0.29, 0.717) is 6.42 Å². The Morgan fingerprint density at radius 1 is 0.826 bits per heavy atom. The zero-order valence-corrected chi connectivity index (χ0v) is 15.4. The number of unbranched alkanes of at least 4 members (excludes halogenated alkanes) is 9. The van der Waals surface area contributed by atoms with Crippen molar-refractivity contribution in [3.8, 4) is 0 Å². The van der Waals surface area contributed by atoms with Gasteiger partial charge in [-0.3, -0.25) is 9.59 Å². The number of hydrogen-bond acceptors (Lipinski definition) is 4. The van der Waals surface area contributed by atoms with Crippen LogP contribution in [0.1, 0.15) is 97.3 Å². The Kier molecular flexibility index (Phi) is 15.1. The number of carbonyl (C=O) groups excluding carboxylic acids is 2. The summed E-state index contributed by atoms with van der Waals surface area (Å²) in [4.78, 5) is 21.9. The molecule has 0 saturated heterocycles. The maximum atomic E-state index is 10.9. The lowest BCUT2D eigenvalue weighted by Crippen LogP contribution is -2.14. The van der Waals surface area contributed by atoms with Crippen molar-refractivity contribution in [3.63, 3.8) is 0 Å². The van der Waals surface area contributed by atoms with Gasteiger partial charge in [0.05, 0.1) is 7.11 Å². The summed E-state index contributed by atoms with van der Waals surface area (Å²) >= 11 is 0. The van der Waals surface area contributed by atoms with Crippen LogP contribution in [0.2, 0.25) is 0 Å². The van der Waals surface area contributed by atoms with Gasteiger partial charge in [-0.2, -0.15) is 0 Å². The first-order chi connectivity index (χ1) is 11.1. The molecule has 1 unspecified atom stereocenters. The van der Waals surface area contributed by atoms with Crippen LogP contribution in [0, 0.1) is 0 Å². The summed E-state index contributed by atoms with van der Waals surface area (Å²) in [5, 5.41) is 0. The molecule has 23 heavy (non-hydrogen) atoms. The number of esters is 2. The van der Waals surface area contributed by atoms with Gasteiger partial charge in [0.15, 0.2) is 0 Å². The third-order valence-electron chi connectivity index (χ3n) is 4.17. The first-order valence-corrected chi connectivity index (χ1v) is 9.34. The highest BCUT2D eigenvalue weighted by molar-refractivity contribution is 5.68. The van der Waals surface area contributed by atoms with E-state index in [9.17, 15) is 9.59 Å². The molecule has 0 aromatic carbocycles. The van der Waals surface area contributed by atoms with E-state index in [4.69, 9.17) is 4.74 Å². The van der Waals surface area contributed by atoms with E-state index in [1.807, 2.05) is 0 Å². The SMILES string of the molecule is CCC(CCCCCCCCCCCCC(=O)OC)OC(C)=O. The molecule has 136 valence electrons. The zero-order valence-electron chi connectivity index (χ0n) is 15.4. The van der Waals surface area contributed by atoms with Crippen LogP contribution in [-0.4, -0.2) is 25.2 Å². The molecule has 0 rings (SSSR count). The minimum absolute atomic E-state index is 0.0935. The molecule has 0 aliphatic heterocycles. The zero-order chi connectivity index (χ0) is 17.3. The monoisotopic (exact) mass is 328 g/mol. The fourth-order valence-electron chi connectivity index (χ4n) is 2.74. The molecule has 0 N–H and O–H groups in total. The summed E-state index contributed by atoms with van der Waals surface area (Å²) < 4.78 is 9.86. The normalized spacial score (nSPS) is 12.0. The number of methoxy groups -OCH3 is 1. The van der Waals surface area contributed by atoms with Gasteiger partial charge in [-0.25, -0.2) is 0 Å². The third-order valence-corrected chi connectivity index (χ3v) is 4.17. The van der Waals surface area contributed by atoms with E-state index in [1.165, 1.54) is 59.0 Å². The van der Waals surface area contributed by atoms with Gasteiger partial charge in [-0.1, -0.05) is 58.3 Å². The lowest BCUT2D eigenvalue weighted by molar-refractivity contribution is -0.146. The van der Waals surface area contributed by atoms with Crippen LogP contribution in [0.3, 0.4) is 0 Å². The molecule has 0 aliphatic rings. The van der Waals surface area contributed by atoms with Crippen LogP contribution >= 0.6 is 0 Å². The molecule has 4 nitrogen and oxygen atoms in total. The number of ether oxygens (including phenoxy) is 2. The molecule has 0 aromatic rings. The first-order valence-electron chi connectivity index (χ1n) is 9.34. The smallest absolute Gasteiger partial charge is 0.305 e. The lowest BCUT2D eigenvalue weighted by atomic mass is 10.0. The van der Waals surface area contributed by atoms with Crippen LogP contribution in [0.15, 0.2) is 0 Å². The minimum atomic E-state index is -0.163. The van der Waals surface area contributed by atoms with Crippen LogP contribution in [0.25, 0.3) is 0 Å². The molecule has 4 heteroatoms. The first kappa shape index (κ1) is 21.9. The summed E-state index contributed by atoms with van der Waals surface area (Å²) in [6.45, 7) is 3.55. The van der Waals surface area contributed by atoms with Gasteiger partial charge in [0.2, 0.25) is 0 Å². The second-order valence-electron chi connectivity index (χ2n) is 6.29. The van der Waals surface area contributed by atoms with Gasteiger partial charge in [-0.05, 0) is 25.7 Å². The van der Waals surface area contributed by atoms with Gasteiger partial charge in [0, 0.05) is 13.3 Å². The van der Waals surface area contributed by atoms with E-state index in [2.05, 4.69) is 11.7 Å². The maximum Gasteiger partial charge on any atom is 0.305 e. The standard InChI is InChI=1S/C19H36O4/c1-4-18(23-17(2)20)15-13-11-9-7-5-6-8-10-12-14-16-19(21)22-3/h18H,4-16H2,1-3H3. The number of hydrogen-bond donors (Lipinski definition) is 0. The van der Waals surface area contributed by atoms with Crippen molar-refractivity contribution < 1.29 is 19.1 Å². The highest BCUT2D eigenvalue weighted by atomic mass is 16.5. The van der Waals surface area contributed by atoms with Gasteiger partial charge in [0.25, 0.3) is 0 Å². The molecule has 0 radical (unpaired) electrons. The largest absolute Gasteiger partial charge is 0.469 e. The molecule has 0 aliphatic carbocycles. The Hall–Kier alpha value is -1.06. The Labute approximate surface area is 142 Å². The molecular formula is C19H36O4. The predicted octanol–water partition coefficient (Wildman–Crippen LogP) is 5.18. The second-order valence-corrected chi connectivity index (χ2v) is 6.29. The molecule has 0 spiro atoms. The fraction of sp³-hybridized carbons (Fsp3) is 0.895. The van der Waals surface area contributed by atoms with Crippen molar-refractivity contribution in [2.45, 2.75) is 103 Å². The third kappa shape index (κ3) is 15.6. The van der Waals surface area contributed by atoms with E-state index in [1.54, 1.807) is 0 Å². The van der Waals surface area contributed by atoms with Crippen LogP contribution < -0.4 is 0 Å². The van der Waals surface area contributed by atoms with Crippen molar-refractivity contribution in [3.05, 3.63) is 0 Å². The van der Waals surface area contributed by atoms with Crippen molar-refractivity contribution >= 4 is 11.9 Å². The van der Waals surface area contributed by atoms with E-state index < -0.39 is 0 Å². The molecule has 0 aromatic heterocycles. The molecule has 0 amide bonds. The molecule has 0 fully saturated rings. The second kappa shape index (κ2) is 15.8. The van der Waals surface area contributed by atoms with Crippen molar-refractivity contribution in [1.82, 2.24) is 0 Å². The average Bonchev–Trinajstić information content (AvgIpc) is 2.53. The minimum Gasteiger partial charge on any atom is -0.469 e. The predicted molar refractivity (Wildman–Crippen MR) is 93.3 cm³/mol. The molecule has 1 atom stereocenters. The Balaban J connectivity index is 3.24. The molecule has 0 heterocycles. The van der Waals surface area contributed by atoms with Gasteiger partial charge in [0.1, 0.15) is 6.10 Å². The Morgan fingerprint density at radius 3 is 1.74 bits per heavy atom. The van der Waals surface area contributed by atoms with E-state index >= 15 is 0 Å². The Morgan fingerprint density at radius 2 is 1.30 bits per heavy atom. The highest BCUT2D eigenvalue weighted by Gasteiger charge is 2.08. The average molecular weight is 328 g/mol. The number of carbonyl (C=O) groups is 2. The van der Waals surface area contributed by atoms with E-state index in [0.717, 1.165) is 32.1 Å². The van der Waals surface area contributed by atoms with E-state index in [-0.39, 0.29) is 18.0 Å². The molecule has 0 saturated carbocycles. The summed E-state index contributed by atoms with van der Waals surface area (Å²) in [5.41, 5.74) is 0. The summed E-state index contributed by atoms with van der Waals surface area (Å²) in [6, 6.07) is 0. The summed E-state index contributed by atoms with van der Waals surface area (Å²) in [5.74, 6) is -0.257. The Bertz CT molecular complexity index is 302. The van der Waals surface area contributed by atoms with Crippen molar-refractivity contribution in [1.29, 1.82) is 0 Å². The topological polar surface area (TPSA) is 52.6 Å². The van der Waals surface area contributed by atoms with Gasteiger partial charge < -0.3 is 9.47 Å². The molecule has 0 bridgehead atoms. The summed E-state index contributed by atoms with van der Waals surface area (Å²) in [7, 11) is 1.45. The quantitative estimate of drug-likeness (QED) is 0.307. The summed E-state index contributed by atoms with van der Waals surface area (Å²) in [6.07, 6.45) is 14.7. The van der Waals surface area contributed by atoms with Crippen molar-refractivity contribution in [2.24, 2.45) is 0 Å². The van der Waals surface area contributed by atoms with Crippen LogP contribution in [0.5, 0.6) is 0 Å².